The van der Waals surface area contributed by atoms with Gasteiger partial charge in [0.1, 0.15) is 0 Å². The molecule has 0 bridgehead atoms. The van der Waals surface area contributed by atoms with Crippen molar-refractivity contribution in [3.8, 4) is 0 Å². The van der Waals surface area contributed by atoms with Crippen molar-refractivity contribution in [1.82, 2.24) is 10.3 Å². The molecule has 1 aromatic carbocycles. The minimum Gasteiger partial charge on any atom is -0.361 e. The van der Waals surface area contributed by atoms with E-state index in [0.29, 0.717) is 0 Å². The Bertz CT molecular complexity index is 628. The number of aromatic nitrogens is 1. The van der Waals surface area contributed by atoms with Crippen LogP contribution in [0.1, 0.15) is 26.3 Å². The molecule has 0 radical (unpaired) electrons. The number of fused-ring (bicyclic) bond motifs is 1. The lowest BCUT2D eigenvalue weighted by atomic mass is 10.0. The molecule has 106 valence electrons. The van der Waals surface area contributed by atoms with Gasteiger partial charge in [0.2, 0.25) is 5.91 Å². The van der Waals surface area contributed by atoms with E-state index >= 15 is 0 Å². The first-order valence-corrected chi connectivity index (χ1v) is 6.84. The minimum absolute atomic E-state index is 0.00715. The Hall–Kier alpha value is -2.10. The van der Waals surface area contributed by atoms with Gasteiger partial charge in [-0.15, -0.1) is 0 Å². The molecule has 0 spiro atoms. The zero-order valence-electron chi connectivity index (χ0n) is 12.1. The predicted octanol–water partition coefficient (Wildman–Crippen LogP) is 2.44. The van der Waals surface area contributed by atoms with E-state index < -0.39 is 6.04 Å². The number of amides is 1. The lowest BCUT2D eigenvalue weighted by molar-refractivity contribution is -0.127. The van der Waals surface area contributed by atoms with E-state index in [4.69, 9.17) is 0 Å². The van der Waals surface area contributed by atoms with Gasteiger partial charge in [0.25, 0.3) is 0 Å². The molecule has 1 unspecified atom stereocenters. The number of Topliss-reactive ketones (excluding diaryl/α,β-unsaturated/α-hetero) is 1. The van der Waals surface area contributed by atoms with E-state index in [1.165, 1.54) is 6.92 Å². The average Bonchev–Trinajstić information content (AvgIpc) is 2.79. The number of ketones is 1. The van der Waals surface area contributed by atoms with Crippen LogP contribution in [0.4, 0.5) is 0 Å². The maximum Gasteiger partial charge on any atom is 0.225 e. The molecule has 1 aromatic heterocycles. The van der Waals surface area contributed by atoms with Gasteiger partial charge in [-0.25, -0.2) is 0 Å². The Kier molecular flexibility index (Phi) is 4.23. The van der Waals surface area contributed by atoms with E-state index in [-0.39, 0.29) is 24.0 Å². The summed E-state index contributed by atoms with van der Waals surface area (Å²) in [6.07, 6.45) is 2.13. The van der Waals surface area contributed by atoms with Gasteiger partial charge >= 0.3 is 0 Å². The SMILES string of the molecule is CC(=O)C(NC(=O)Cc1c[nH]c2ccccc12)C(C)C. The van der Waals surface area contributed by atoms with Crippen LogP contribution in [0.3, 0.4) is 0 Å². The van der Waals surface area contributed by atoms with Crippen molar-refractivity contribution < 1.29 is 9.59 Å². The van der Waals surface area contributed by atoms with Gasteiger partial charge in [-0.3, -0.25) is 9.59 Å². The third-order valence-electron chi connectivity index (χ3n) is 3.45. The first-order chi connectivity index (χ1) is 9.49. The summed E-state index contributed by atoms with van der Waals surface area (Å²) >= 11 is 0. The summed E-state index contributed by atoms with van der Waals surface area (Å²) in [7, 11) is 0. The normalized spacial score (nSPS) is 12.6. The number of carbonyl (C=O) groups is 2. The first kappa shape index (κ1) is 14.3. The summed E-state index contributed by atoms with van der Waals surface area (Å²) in [5.41, 5.74) is 1.96. The minimum atomic E-state index is -0.410. The fourth-order valence-electron chi connectivity index (χ4n) is 2.41. The van der Waals surface area contributed by atoms with Gasteiger partial charge in [-0.1, -0.05) is 32.0 Å². The molecule has 0 aliphatic heterocycles. The molecule has 1 heterocycles. The highest BCUT2D eigenvalue weighted by atomic mass is 16.2. The standard InChI is InChI=1S/C16H20N2O2/c1-10(2)16(11(3)19)18-15(20)8-12-9-17-14-7-5-4-6-13(12)14/h4-7,9-10,16-17H,8H2,1-3H3,(H,18,20). The number of nitrogens with one attached hydrogen (secondary N) is 2. The topological polar surface area (TPSA) is 62.0 Å². The van der Waals surface area contributed by atoms with Gasteiger partial charge < -0.3 is 10.3 Å². The Morgan fingerprint density at radius 1 is 1.25 bits per heavy atom. The molecule has 0 aliphatic carbocycles. The van der Waals surface area contributed by atoms with Crippen molar-refractivity contribution >= 4 is 22.6 Å². The summed E-state index contributed by atoms with van der Waals surface area (Å²) in [6, 6.07) is 7.45. The summed E-state index contributed by atoms with van der Waals surface area (Å²) in [4.78, 5) is 26.8. The maximum absolute atomic E-state index is 12.1. The van der Waals surface area contributed by atoms with Crippen LogP contribution in [0.25, 0.3) is 10.9 Å². The van der Waals surface area contributed by atoms with Crippen LogP contribution in [-0.4, -0.2) is 22.7 Å². The first-order valence-electron chi connectivity index (χ1n) is 6.84. The van der Waals surface area contributed by atoms with E-state index in [2.05, 4.69) is 10.3 Å². The van der Waals surface area contributed by atoms with Crippen molar-refractivity contribution in [3.63, 3.8) is 0 Å². The van der Waals surface area contributed by atoms with Crippen molar-refractivity contribution in [2.75, 3.05) is 0 Å². The lowest BCUT2D eigenvalue weighted by Crippen LogP contribution is -2.43. The molecule has 2 N–H and O–H groups in total. The Morgan fingerprint density at radius 3 is 2.60 bits per heavy atom. The largest absolute Gasteiger partial charge is 0.361 e. The molecule has 2 aromatic rings. The van der Waals surface area contributed by atoms with Crippen molar-refractivity contribution in [2.45, 2.75) is 33.2 Å². The predicted molar refractivity (Wildman–Crippen MR) is 79.5 cm³/mol. The summed E-state index contributed by atoms with van der Waals surface area (Å²) in [5, 5.41) is 3.86. The molecular formula is C16H20N2O2. The number of carbonyl (C=O) groups excluding carboxylic acids is 2. The average molecular weight is 272 g/mol. The van der Waals surface area contributed by atoms with Gasteiger partial charge in [-0.05, 0) is 24.5 Å². The zero-order valence-corrected chi connectivity index (χ0v) is 12.1. The maximum atomic E-state index is 12.1. The van der Waals surface area contributed by atoms with Crippen molar-refractivity contribution in [2.24, 2.45) is 5.92 Å². The smallest absolute Gasteiger partial charge is 0.225 e. The molecule has 20 heavy (non-hydrogen) atoms. The highest BCUT2D eigenvalue weighted by Gasteiger charge is 2.21. The highest BCUT2D eigenvalue weighted by Crippen LogP contribution is 2.18. The third-order valence-corrected chi connectivity index (χ3v) is 3.45. The van der Waals surface area contributed by atoms with Crippen molar-refractivity contribution in [3.05, 3.63) is 36.0 Å². The molecule has 0 fully saturated rings. The highest BCUT2D eigenvalue weighted by molar-refractivity contribution is 5.91. The van der Waals surface area contributed by atoms with Crippen LogP contribution >= 0.6 is 0 Å². The quantitative estimate of drug-likeness (QED) is 0.878. The zero-order chi connectivity index (χ0) is 14.7. The summed E-state index contributed by atoms with van der Waals surface area (Å²) < 4.78 is 0. The number of para-hydroxylation sites is 1. The third kappa shape index (κ3) is 3.07. The molecule has 4 nitrogen and oxygen atoms in total. The van der Waals surface area contributed by atoms with Gasteiger partial charge in [0.15, 0.2) is 5.78 Å². The molecule has 0 aliphatic rings. The van der Waals surface area contributed by atoms with E-state index in [0.717, 1.165) is 16.5 Å². The van der Waals surface area contributed by atoms with Crippen LogP contribution in [-0.2, 0) is 16.0 Å². The second-order valence-corrected chi connectivity index (χ2v) is 5.44. The second kappa shape index (κ2) is 5.90. The fraction of sp³-hybridized carbons (Fsp3) is 0.375. The second-order valence-electron chi connectivity index (χ2n) is 5.44. The Labute approximate surface area is 118 Å². The Morgan fingerprint density at radius 2 is 1.95 bits per heavy atom. The van der Waals surface area contributed by atoms with E-state index in [9.17, 15) is 9.59 Å². The molecule has 1 amide bonds. The molecule has 2 rings (SSSR count). The number of rotatable bonds is 5. The monoisotopic (exact) mass is 272 g/mol. The lowest BCUT2D eigenvalue weighted by Gasteiger charge is -2.19. The number of hydrogen-bond donors (Lipinski definition) is 2. The molecule has 0 saturated carbocycles. The van der Waals surface area contributed by atoms with Gasteiger partial charge in [0, 0.05) is 17.1 Å². The molecule has 4 heteroatoms. The fourth-order valence-corrected chi connectivity index (χ4v) is 2.41. The van der Waals surface area contributed by atoms with E-state index in [1.807, 2.05) is 44.3 Å². The molecule has 1 atom stereocenters. The number of H-pyrrole nitrogens is 1. The van der Waals surface area contributed by atoms with Gasteiger partial charge in [-0.2, -0.15) is 0 Å². The number of benzene rings is 1. The molecule has 0 saturated heterocycles. The van der Waals surface area contributed by atoms with Crippen LogP contribution in [0.5, 0.6) is 0 Å². The summed E-state index contributed by atoms with van der Waals surface area (Å²) in [6.45, 7) is 5.37. The number of aromatic amines is 1. The number of hydrogen-bond acceptors (Lipinski definition) is 2. The van der Waals surface area contributed by atoms with E-state index in [1.54, 1.807) is 0 Å². The van der Waals surface area contributed by atoms with Gasteiger partial charge in [0.05, 0.1) is 12.5 Å². The van der Waals surface area contributed by atoms with Crippen LogP contribution in [0.2, 0.25) is 0 Å². The van der Waals surface area contributed by atoms with Crippen LogP contribution in [0, 0.1) is 5.92 Å². The van der Waals surface area contributed by atoms with Crippen molar-refractivity contribution in [1.29, 1.82) is 0 Å². The molecular weight excluding hydrogens is 252 g/mol. The summed E-state index contributed by atoms with van der Waals surface area (Å²) in [5.74, 6) is -0.0321. The van der Waals surface area contributed by atoms with Crippen LogP contribution in [0.15, 0.2) is 30.5 Å². The Balaban J connectivity index is 2.10. The van der Waals surface area contributed by atoms with Crippen LogP contribution < -0.4 is 5.32 Å².